The van der Waals surface area contributed by atoms with Gasteiger partial charge in [0.05, 0.1) is 7.11 Å². The average molecular weight is 731 g/mol. The van der Waals surface area contributed by atoms with Crippen LogP contribution in [0.25, 0.3) is 0 Å². The first kappa shape index (κ1) is 38.8. The lowest BCUT2D eigenvalue weighted by Gasteiger charge is -2.39. The van der Waals surface area contributed by atoms with Gasteiger partial charge < -0.3 is 27.2 Å². The quantitative estimate of drug-likeness (QED) is 0.0549. The van der Waals surface area contributed by atoms with Crippen molar-refractivity contribution < 1.29 is 36.8 Å². The number of rotatable bonds is 14. The number of ether oxygens (including phenoxy) is 4. The van der Waals surface area contributed by atoms with Gasteiger partial charge in [-0.3, -0.25) is 4.79 Å². The number of methoxy groups -OCH3 is 1. The molecule has 0 aromatic heterocycles. The predicted molar refractivity (Wildman–Crippen MR) is 204 cm³/mol. The van der Waals surface area contributed by atoms with Crippen molar-refractivity contribution in [3.63, 3.8) is 0 Å². The molecular weight excluding hydrogens is 681 g/mol. The molecule has 0 spiro atoms. The van der Waals surface area contributed by atoms with E-state index < -0.39 is 31.4 Å². The molecule has 0 fully saturated rings. The topological polar surface area (TPSA) is 89.5 Å². The molecule has 8 nitrogen and oxygen atoms in total. The number of hydrogen-bond acceptors (Lipinski definition) is 8. The van der Waals surface area contributed by atoms with Gasteiger partial charge in [-0.25, -0.2) is 4.79 Å². The minimum absolute atomic E-state index is 0.249. The van der Waals surface area contributed by atoms with Crippen LogP contribution in [0.15, 0.2) is 97.1 Å². The van der Waals surface area contributed by atoms with Crippen molar-refractivity contribution in [3.8, 4) is 23.0 Å². The summed E-state index contributed by atoms with van der Waals surface area (Å²) in [7, 11) is -5.08. The van der Waals surface area contributed by atoms with Crippen LogP contribution < -0.4 is 18.9 Å². The molecule has 11 heteroatoms. The molecule has 50 heavy (non-hydrogen) atoms. The van der Waals surface area contributed by atoms with Gasteiger partial charge >= 0.3 is 20.7 Å². The molecule has 0 aliphatic heterocycles. The second-order valence-electron chi connectivity index (χ2n) is 14.7. The van der Waals surface area contributed by atoms with Crippen molar-refractivity contribution in [2.24, 2.45) is 0 Å². The second kappa shape index (κ2) is 15.9. The maximum absolute atomic E-state index is 12.6. The zero-order chi connectivity index (χ0) is 36.7. The summed E-state index contributed by atoms with van der Waals surface area (Å²) in [5.41, 5.74) is 4.23. The fourth-order valence-corrected chi connectivity index (χ4v) is 20.5. The van der Waals surface area contributed by atoms with Crippen LogP contribution in [0.4, 0.5) is 4.79 Å². The molecule has 0 aliphatic rings. The third kappa shape index (κ3) is 11.5. The van der Waals surface area contributed by atoms with Gasteiger partial charge in [0, 0.05) is 12.3 Å². The minimum Gasteiger partial charge on any atom is -0.497 e. The Morgan fingerprint density at radius 1 is 0.540 bits per heavy atom. The van der Waals surface area contributed by atoms with Crippen molar-refractivity contribution >= 4 is 37.3 Å². The van der Waals surface area contributed by atoms with Crippen LogP contribution in [0.1, 0.15) is 43.0 Å². The molecule has 0 heterocycles. The van der Waals surface area contributed by atoms with E-state index in [2.05, 4.69) is 65.3 Å². The van der Waals surface area contributed by atoms with Crippen LogP contribution in [-0.4, -0.2) is 44.4 Å². The lowest BCUT2D eigenvalue weighted by molar-refractivity contribution is -0.131. The van der Waals surface area contributed by atoms with Gasteiger partial charge in [-0.1, -0.05) is 62.4 Å². The summed E-state index contributed by atoms with van der Waals surface area (Å²) < 4.78 is 35.0. The molecule has 0 unspecified atom stereocenters. The van der Waals surface area contributed by atoms with Crippen LogP contribution >= 0.6 is 0 Å². The lowest BCUT2D eigenvalue weighted by atomic mass is 9.78. The van der Waals surface area contributed by atoms with Crippen LogP contribution in [0.3, 0.4) is 0 Å². The summed E-state index contributed by atoms with van der Waals surface area (Å²) in [6.45, 7) is 18.8. The number of hydrogen-bond donors (Lipinski definition) is 0. The molecule has 4 rings (SSSR count). The molecule has 266 valence electrons. The van der Waals surface area contributed by atoms with E-state index in [1.807, 2.05) is 60.7 Å². The Bertz CT molecular complexity index is 1730. The summed E-state index contributed by atoms with van der Waals surface area (Å²) in [6.07, 6.45) is -0.796. The predicted octanol–water partition coefficient (Wildman–Crippen LogP) is 9.53. The number of carbonyl (C=O) groups is 2. The molecule has 0 amide bonds. The van der Waals surface area contributed by atoms with Gasteiger partial charge in [0.15, 0.2) is 16.6 Å². The van der Waals surface area contributed by atoms with Crippen LogP contribution in [0, 0.1) is 0 Å². The minimum atomic E-state index is -2.46. The van der Waals surface area contributed by atoms with E-state index in [9.17, 15) is 9.59 Å². The first-order valence-corrected chi connectivity index (χ1v) is 25.8. The van der Waals surface area contributed by atoms with E-state index in [0.717, 1.165) is 40.1 Å². The van der Waals surface area contributed by atoms with Gasteiger partial charge in [-0.05, 0) is 122 Å². The monoisotopic (exact) mass is 730 g/mol. The summed E-state index contributed by atoms with van der Waals surface area (Å²) >= 11 is 0. The van der Waals surface area contributed by atoms with Crippen LogP contribution in [-0.2, 0) is 30.5 Å². The van der Waals surface area contributed by atoms with Gasteiger partial charge in [-0.15, -0.1) is 0 Å². The molecule has 0 atom stereocenters. The molecular formula is C39H50O8Si3. The SMILES string of the molecule is COc1ccc(C(C)(C)c2ccc(OC(=O)Oc3ccc(C[Si](C)(C)O[Si](C)(C)O[Si](C)(C)Cc4ccc(OC(C)=O)cc4)cc3)cc2)cc1. The average Bonchev–Trinajstić information content (AvgIpc) is 3.01. The normalized spacial score (nSPS) is 12.3. The number of carbonyl (C=O) groups excluding carboxylic acids is 2. The van der Waals surface area contributed by atoms with Gasteiger partial charge in [0.1, 0.15) is 23.0 Å². The molecule has 4 aromatic carbocycles. The van der Waals surface area contributed by atoms with E-state index in [1.54, 1.807) is 31.4 Å². The Kier molecular flexibility index (Phi) is 12.3. The smallest absolute Gasteiger partial charge is 0.497 e. The Labute approximate surface area is 300 Å². The first-order chi connectivity index (χ1) is 23.3. The molecule has 4 aromatic rings. The van der Waals surface area contributed by atoms with E-state index in [4.69, 9.17) is 27.2 Å². The van der Waals surface area contributed by atoms with Crippen LogP contribution in [0.2, 0.25) is 39.3 Å². The zero-order valence-corrected chi connectivity index (χ0v) is 33.9. The third-order valence-electron chi connectivity index (χ3n) is 8.20. The highest BCUT2D eigenvalue weighted by atomic mass is 28.5. The Balaban J connectivity index is 1.28. The zero-order valence-electron chi connectivity index (χ0n) is 30.9. The van der Waals surface area contributed by atoms with E-state index in [1.165, 1.54) is 6.92 Å². The molecule has 0 N–H and O–H groups in total. The van der Waals surface area contributed by atoms with Crippen molar-refractivity contribution in [2.45, 2.75) is 77.6 Å². The summed E-state index contributed by atoms with van der Waals surface area (Å²) in [5.74, 6) is 1.83. The highest BCUT2D eigenvalue weighted by Gasteiger charge is 2.40. The first-order valence-electron chi connectivity index (χ1n) is 16.8. The van der Waals surface area contributed by atoms with Gasteiger partial charge in [0.2, 0.25) is 0 Å². The van der Waals surface area contributed by atoms with Crippen molar-refractivity contribution in [2.75, 3.05) is 7.11 Å². The van der Waals surface area contributed by atoms with Gasteiger partial charge in [-0.2, -0.15) is 0 Å². The molecule has 0 saturated heterocycles. The Hall–Kier alpha value is -4.01. The maximum Gasteiger partial charge on any atom is 0.519 e. The van der Waals surface area contributed by atoms with Gasteiger partial charge in [0.25, 0.3) is 0 Å². The molecule has 0 bridgehead atoms. The molecule has 0 radical (unpaired) electrons. The summed E-state index contributed by atoms with van der Waals surface area (Å²) in [6, 6.07) is 32.2. The standard InChI is InChI=1S/C39H50O8Si3/c1-29(40)43-35-19-11-30(12-20-35)27-48(5,6)46-50(9,10)47-49(7,8)28-31-13-21-36(22-14-31)44-38(41)45-37-25-17-33(18-26-37)39(2,3)32-15-23-34(42-4)24-16-32/h11-26H,27-28H2,1-10H3. The van der Waals surface area contributed by atoms with E-state index >= 15 is 0 Å². The van der Waals surface area contributed by atoms with Crippen LogP contribution in [0.5, 0.6) is 23.0 Å². The van der Waals surface area contributed by atoms with Crippen molar-refractivity contribution in [1.29, 1.82) is 0 Å². The second-order valence-corrected chi connectivity index (χ2v) is 26.9. The number of benzene rings is 4. The van der Waals surface area contributed by atoms with Crippen molar-refractivity contribution in [1.82, 2.24) is 0 Å². The fourth-order valence-electron chi connectivity index (χ4n) is 6.25. The maximum atomic E-state index is 12.6. The largest absolute Gasteiger partial charge is 0.519 e. The Morgan fingerprint density at radius 2 is 0.880 bits per heavy atom. The highest BCUT2D eigenvalue weighted by molar-refractivity contribution is 6.87. The summed E-state index contributed by atoms with van der Waals surface area (Å²) in [5, 5.41) is 0. The summed E-state index contributed by atoms with van der Waals surface area (Å²) in [4.78, 5) is 23.8. The fraction of sp³-hybridized carbons (Fsp3) is 0.333. The Morgan fingerprint density at radius 3 is 1.24 bits per heavy atom. The van der Waals surface area contributed by atoms with Crippen molar-refractivity contribution in [3.05, 3.63) is 119 Å². The highest BCUT2D eigenvalue weighted by Crippen LogP contribution is 2.33. The molecule has 0 saturated carbocycles. The van der Waals surface area contributed by atoms with E-state index in [-0.39, 0.29) is 11.4 Å². The van der Waals surface area contributed by atoms with E-state index in [0.29, 0.717) is 17.2 Å². The lowest BCUT2D eigenvalue weighted by Crippen LogP contribution is -2.54. The molecule has 0 aliphatic carbocycles. The number of esters is 1. The third-order valence-corrected chi connectivity index (χ3v) is 19.1.